The van der Waals surface area contributed by atoms with Crippen molar-refractivity contribution in [1.29, 1.82) is 0 Å². The first-order valence-corrected chi connectivity index (χ1v) is 20.7. The summed E-state index contributed by atoms with van der Waals surface area (Å²) in [5, 5.41) is 2.64. The summed E-state index contributed by atoms with van der Waals surface area (Å²) < 4.78 is 52.8. The third-order valence-corrected chi connectivity index (χ3v) is 10.0. The molecule has 0 aliphatic carbocycles. The number of amides is 2. The fourth-order valence-electron chi connectivity index (χ4n) is 5.32. The molecule has 0 spiro atoms. The van der Waals surface area contributed by atoms with Crippen LogP contribution in [-0.4, -0.2) is 62.9 Å². The first kappa shape index (κ1) is 39.4. The number of hydrogen-bond acceptors (Lipinski definition) is 6. The third-order valence-electron chi connectivity index (χ3n) is 7.68. The number of nitrogens with zero attached hydrogens (tertiary/aromatic N) is 2. The Morgan fingerprint density at radius 1 is 1.02 bits per heavy atom. The number of carbonyl (C=O) groups is 3. The van der Waals surface area contributed by atoms with Crippen molar-refractivity contribution in [3.05, 3.63) is 64.1 Å². The van der Waals surface area contributed by atoms with Gasteiger partial charge in [-0.3, -0.25) is 19.3 Å². The Morgan fingerprint density at radius 2 is 1.69 bits per heavy atom. The van der Waals surface area contributed by atoms with Gasteiger partial charge in [0.2, 0.25) is 12.1 Å². The second kappa shape index (κ2) is 16.6. The molecule has 2 amide bonds. The molecule has 1 unspecified atom stereocenters. The number of hydrogen-bond donors (Lipinski definition) is 1. The Hall–Kier alpha value is -3.03. The van der Waals surface area contributed by atoms with Gasteiger partial charge in [-0.25, -0.2) is 4.99 Å². The van der Waals surface area contributed by atoms with Gasteiger partial charge in [0.25, 0.3) is 5.91 Å². The van der Waals surface area contributed by atoms with Crippen molar-refractivity contribution in [1.82, 2.24) is 5.32 Å². The van der Waals surface area contributed by atoms with Crippen LogP contribution < -0.4 is 10.2 Å². The molecule has 3 rings (SSSR count). The van der Waals surface area contributed by atoms with Crippen LogP contribution in [0.15, 0.2) is 58.0 Å². The molecule has 3 atom stereocenters. The zero-order valence-corrected chi connectivity index (χ0v) is 31.3. The maximum absolute atomic E-state index is 14.4. The van der Waals surface area contributed by atoms with Gasteiger partial charge in [-0.05, 0) is 61.7 Å². The van der Waals surface area contributed by atoms with Gasteiger partial charge in [0.1, 0.15) is 12.3 Å². The van der Waals surface area contributed by atoms with Gasteiger partial charge in [-0.2, -0.15) is 13.2 Å². The Balaban J connectivity index is 2.10. The monoisotopic (exact) mass is 753 g/mol. The van der Waals surface area contributed by atoms with Crippen LogP contribution in [0.4, 0.5) is 18.9 Å². The summed E-state index contributed by atoms with van der Waals surface area (Å²) in [6, 6.07) is 15.4. The van der Waals surface area contributed by atoms with Crippen molar-refractivity contribution in [2.75, 3.05) is 18.2 Å². The normalized spacial score (nSPS) is 16.8. The van der Waals surface area contributed by atoms with Gasteiger partial charge < -0.3 is 14.8 Å². The summed E-state index contributed by atoms with van der Waals surface area (Å²) in [6.07, 6.45) is -7.51. The predicted octanol–water partition coefficient (Wildman–Crippen LogP) is 8.10. The smallest absolute Gasteiger partial charge is 0.389 e. The van der Waals surface area contributed by atoms with E-state index in [1.807, 2.05) is 36.4 Å². The summed E-state index contributed by atoms with van der Waals surface area (Å²) in [5.74, 6) is -4.87. The van der Waals surface area contributed by atoms with Crippen molar-refractivity contribution in [2.24, 2.45) is 16.8 Å². The van der Waals surface area contributed by atoms with Crippen molar-refractivity contribution in [3.8, 4) is 0 Å². The fraction of sp³-hybridized carbons (Fsp3) is 0.543. The predicted molar refractivity (Wildman–Crippen MR) is 188 cm³/mol. The number of benzene rings is 2. The molecular formula is C35H47BrF3N3O5Si. The van der Waals surface area contributed by atoms with Gasteiger partial charge in [0.15, 0.2) is 0 Å². The second-order valence-electron chi connectivity index (χ2n) is 14.2. The van der Waals surface area contributed by atoms with E-state index in [0.29, 0.717) is 40.0 Å². The van der Waals surface area contributed by atoms with Crippen LogP contribution in [0.3, 0.4) is 0 Å². The van der Waals surface area contributed by atoms with E-state index >= 15 is 0 Å². The highest BCUT2D eigenvalue weighted by molar-refractivity contribution is 9.10. The number of para-hydroxylation sites is 1. The Labute approximate surface area is 291 Å². The molecule has 0 fully saturated rings. The molecule has 1 aliphatic rings. The number of rotatable bonds is 14. The van der Waals surface area contributed by atoms with Crippen molar-refractivity contribution >= 4 is 53.2 Å². The number of ether oxygens (including phenoxy) is 2. The van der Waals surface area contributed by atoms with E-state index < -0.39 is 68.5 Å². The molecule has 1 N–H and O–H groups in total. The molecule has 1 aliphatic heterocycles. The van der Waals surface area contributed by atoms with E-state index in [2.05, 4.69) is 40.9 Å². The van der Waals surface area contributed by atoms with Crippen molar-refractivity contribution in [3.63, 3.8) is 0 Å². The number of anilines is 1. The lowest BCUT2D eigenvalue weighted by atomic mass is 9.84. The van der Waals surface area contributed by atoms with Crippen LogP contribution in [0, 0.1) is 11.8 Å². The fourth-order valence-corrected chi connectivity index (χ4v) is 6.66. The minimum absolute atomic E-state index is 0.122. The second-order valence-corrected chi connectivity index (χ2v) is 20.7. The number of esters is 1. The molecule has 0 saturated carbocycles. The summed E-state index contributed by atoms with van der Waals surface area (Å²) in [4.78, 5) is 47.9. The topological polar surface area (TPSA) is 97.3 Å². The number of nitrogens with one attached hydrogen (secondary N) is 1. The van der Waals surface area contributed by atoms with Gasteiger partial charge in [-0.15, -0.1) is 0 Å². The highest BCUT2D eigenvalue weighted by Gasteiger charge is 2.41. The van der Waals surface area contributed by atoms with Crippen LogP contribution in [0.1, 0.15) is 64.5 Å². The molecule has 0 aromatic heterocycles. The van der Waals surface area contributed by atoms with Crippen molar-refractivity contribution in [2.45, 2.75) is 97.0 Å². The Kier molecular flexibility index (Phi) is 13.6. The van der Waals surface area contributed by atoms with E-state index in [1.165, 1.54) is 4.90 Å². The number of carbonyl (C=O) groups excluding carboxylic acids is 3. The Morgan fingerprint density at radius 3 is 2.27 bits per heavy atom. The molecule has 2 aromatic carbocycles. The molecule has 48 heavy (non-hydrogen) atoms. The lowest BCUT2D eigenvalue weighted by molar-refractivity contribution is -0.167. The van der Waals surface area contributed by atoms with E-state index in [4.69, 9.17) is 14.5 Å². The quantitative estimate of drug-likeness (QED) is 0.120. The van der Waals surface area contributed by atoms with Crippen LogP contribution in [0.5, 0.6) is 0 Å². The molecule has 8 nitrogen and oxygen atoms in total. The average Bonchev–Trinajstić information content (AvgIpc) is 3.08. The third kappa shape index (κ3) is 11.5. The van der Waals surface area contributed by atoms with E-state index in [1.54, 1.807) is 39.8 Å². The minimum atomic E-state index is -4.57. The SMILES string of the molecule is CCC[C@H](C(=O)OC(C)(C)C)[C@@H](CCC(F)(F)F)C(=O)NC1N=C(c2ccccc2)c2cccc(Br)c2N(COCC[Si](C)(C)C)C1=O. The Bertz CT molecular complexity index is 1460. The number of alkyl halides is 3. The zero-order chi connectivity index (χ0) is 35.9. The lowest BCUT2D eigenvalue weighted by Crippen LogP contribution is -2.51. The van der Waals surface area contributed by atoms with E-state index in [-0.39, 0.29) is 13.2 Å². The molecule has 2 aromatic rings. The summed E-state index contributed by atoms with van der Waals surface area (Å²) in [7, 11) is -1.46. The first-order valence-electron chi connectivity index (χ1n) is 16.2. The van der Waals surface area contributed by atoms with Gasteiger partial charge in [-0.1, -0.05) is 75.5 Å². The molecule has 1 heterocycles. The van der Waals surface area contributed by atoms with Crippen molar-refractivity contribution < 1.29 is 37.0 Å². The highest BCUT2D eigenvalue weighted by Crippen LogP contribution is 2.36. The van der Waals surface area contributed by atoms with Crippen LogP contribution >= 0.6 is 15.9 Å². The van der Waals surface area contributed by atoms with Gasteiger partial charge in [0, 0.05) is 36.7 Å². The zero-order valence-electron chi connectivity index (χ0n) is 28.7. The van der Waals surface area contributed by atoms with Crippen LogP contribution in [0.25, 0.3) is 0 Å². The molecule has 13 heteroatoms. The number of halogens is 4. The van der Waals surface area contributed by atoms with Gasteiger partial charge >= 0.3 is 12.1 Å². The summed E-state index contributed by atoms with van der Waals surface area (Å²) in [5.41, 5.74) is 1.23. The van der Waals surface area contributed by atoms with Crippen LogP contribution in [-0.2, 0) is 23.9 Å². The lowest BCUT2D eigenvalue weighted by Gasteiger charge is -2.30. The first-order chi connectivity index (χ1) is 22.3. The maximum atomic E-state index is 14.4. The maximum Gasteiger partial charge on any atom is 0.389 e. The number of fused-ring (bicyclic) bond motifs is 1. The average molecular weight is 755 g/mol. The summed E-state index contributed by atoms with van der Waals surface area (Å²) in [6.45, 7) is 13.6. The number of aliphatic imine (C=N–C) groups is 1. The molecule has 0 radical (unpaired) electrons. The molecule has 0 saturated heterocycles. The largest absolute Gasteiger partial charge is 0.460 e. The standard InChI is InChI=1S/C35H47BrF3N3O5Si/c1-8-13-25(33(45)47-34(2,3)4)24(18-19-35(37,38)39)31(43)41-30-32(44)42(22-46-20-21-48(5,6)7)29-26(16-12-17-27(29)36)28(40-30)23-14-10-9-11-15-23/h9-12,14-17,24-25,30H,8,13,18-22H2,1-7H3,(H,41,43)/t24-,25+,30?/m1/s1. The molecular weight excluding hydrogens is 707 g/mol. The van der Waals surface area contributed by atoms with E-state index in [9.17, 15) is 27.6 Å². The minimum Gasteiger partial charge on any atom is -0.460 e. The molecule has 0 bridgehead atoms. The number of benzodiazepines with no additional fused rings is 1. The van der Waals surface area contributed by atoms with Crippen LogP contribution in [0.2, 0.25) is 25.7 Å². The van der Waals surface area contributed by atoms with Gasteiger partial charge in [0.05, 0.1) is 23.2 Å². The summed E-state index contributed by atoms with van der Waals surface area (Å²) >= 11 is 3.59. The van der Waals surface area contributed by atoms with E-state index in [0.717, 1.165) is 6.04 Å². The molecule has 264 valence electrons. The highest BCUT2D eigenvalue weighted by atomic mass is 79.9.